The summed E-state index contributed by atoms with van der Waals surface area (Å²) in [7, 11) is 0. The molecule has 0 saturated carbocycles. The van der Waals surface area contributed by atoms with E-state index in [-0.39, 0.29) is 6.54 Å². The third-order valence-electron chi connectivity index (χ3n) is 3.63. The average Bonchev–Trinajstić information content (AvgIpc) is 3.31. The second kappa shape index (κ2) is 8.26. The van der Waals surface area contributed by atoms with Crippen molar-refractivity contribution in [3.05, 3.63) is 58.7 Å². The van der Waals surface area contributed by atoms with Crippen LogP contribution in [0.3, 0.4) is 0 Å². The van der Waals surface area contributed by atoms with Gasteiger partial charge in [-0.05, 0) is 49.9 Å². The molecule has 1 amide bonds. The van der Waals surface area contributed by atoms with E-state index in [1.54, 1.807) is 17.5 Å². The number of nitrogens with zero attached hydrogens (tertiary/aromatic N) is 2. The molecule has 0 fully saturated rings. The van der Waals surface area contributed by atoms with Gasteiger partial charge in [0.25, 0.3) is 0 Å². The van der Waals surface area contributed by atoms with Gasteiger partial charge in [0.1, 0.15) is 17.3 Å². The summed E-state index contributed by atoms with van der Waals surface area (Å²) >= 11 is 1.55. The van der Waals surface area contributed by atoms with Gasteiger partial charge in [0.05, 0.1) is 29.0 Å². The molecule has 8 heteroatoms. The number of thiophene rings is 1. The molecule has 28 heavy (non-hydrogen) atoms. The molecule has 0 bridgehead atoms. The Morgan fingerprint density at radius 1 is 1.29 bits per heavy atom. The number of hydrogen-bond acceptors (Lipinski definition) is 5. The molecule has 0 spiro atoms. The third kappa shape index (κ3) is 5.43. The topological polar surface area (TPSA) is 105 Å². The number of nitrogens with two attached hydrogens (primary N) is 1. The van der Waals surface area contributed by atoms with Crippen LogP contribution in [-0.2, 0) is 11.3 Å². The number of nitrogens with one attached hydrogen (secondary N) is 2. The SMILES string of the molecule is CC(C)(C)OC(=O)NCc1ncc(-c2ccc(N=C(N)c3cccs3)cc2)[nH]1. The van der Waals surface area contributed by atoms with Crippen molar-refractivity contribution in [2.45, 2.75) is 32.9 Å². The maximum Gasteiger partial charge on any atom is 0.408 e. The summed E-state index contributed by atoms with van der Waals surface area (Å²) in [5, 5.41) is 4.65. The molecule has 0 aliphatic heterocycles. The lowest BCUT2D eigenvalue weighted by molar-refractivity contribution is 0.0522. The van der Waals surface area contributed by atoms with E-state index < -0.39 is 11.7 Å². The first-order valence-corrected chi connectivity index (χ1v) is 9.67. The van der Waals surface area contributed by atoms with Crippen LogP contribution in [0.2, 0.25) is 0 Å². The Bertz CT molecular complexity index is 953. The highest BCUT2D eigenvalue weighted by atomic mass is 32.1. The first-order chi connectivity index (χ1) is 13.3. The van der Waals surface area contributed by atoms with Gasteiger partial charge in [0, 0.05) is 0 Å². The molecule has 3 rings (SSSR count). The largest absolute Gasteiger partial charge is 0.444 e. The number of amidine groups is 1. The summed E-state index contributed by atoms with van der Waals surface area (Å²) in [5.41, 5.74) is 8.08. The number of aromatic nitrogens is 2. The Labute approximate surface area is 167 Å². The van der Waals surface area contributed by atoms with Crippen LogP contribution in [0.25, 0.3) is 11.3 Å². The molecule has 0 saturated heterocycles. The van der Waals surface area contributed by atoms with Gasteiger partial charge in [-0.25, -0.2) is 14.8 Å². The molecule has 4 N–H and O–H groups in total. The summed E-state index contributed by atoms with van der Waals surface area (Å²) in [4.78, 5) is 24.6. The lowest BCUT2D eigenvalue weighted by Crippen LogP contribution is -2.32. The number of rotatable bonds is 5. The minimum Gasteiger partial charge on any atom is -0.444 e. The Hall–Kier alpha value is -3.13. The molecule has 0 unspecified atom stereocenters. The van der Waals surface area contributed by atoms with Crippen molar-refractivity contribution in [2.75, 3.05) is 0 Å². The lowest BCUT2D eigenvalue weighted by atomic mass is 10.1. The number of ether oxygens (including phenoxy) is 1. The molecule has 1 aromatic carbocycles. The predicted molar refractivity (Wildman–Crippen MR) is 112 cm³/mol. The van der Waals surface area contributed by atoms with Crippen LogP contribution >= 0.6 is 11.3 Å². The van der Waals surface area contributed by atoms with Crippen LogP contribution in [0.4, 0.5) is 10.5 Å². The first-order valence-electron chi connectivity index (χ1n) is 8.79. The third-order valence-corrected chi connectivity index (χ3v) is 4.52. The highest BCUT2D eigenvalue weighted by molar-refractivity contribution is 7.12. The zero-order valence-corrected chi connectivity index (χ0v) is 16.8. The molecular weight excluding hydrogens is 374 g/mol. The van der Waals surface area contributed by atoms with E-state index in [1.807, 2.05) is 62.5 Å². The van der Waals surface area contributed by atoms with Crippen LogP contribution in [-0.4, -0.2) is 27.5 Å². The molecular formula is C20H23N5O2S. The Morgan fingerprint density at radius 2 is 2.04 bits per heavy atom. The highest BCUT2D eigenvalue weighted by Gasteiger charge is 2.16. The van der Waals surface area contributed by atoms with Crippen molar-refractivity contribution >= 4 is 29.0 Å². The van der Waals surface area contributed by atoms with Gasteiger partial charge in [-0.2, -0.15) is 0 Å². The molecule has 3 aromatic rings. The highest BCUT2D eigenvalue weighted by Crippen LogP contribution is 2.22. The van der Waals surface area contributed by atoms with Gasteiger partial charge in [-0.1, -0.05) is 18.2 Å². The number of H-pyrrole nitrogens is 1. The van der Waals surface area contributed by atoms with Crippen molar-refractivity contribution in [3.63, 3.8) is 0 Å². The van der Waals surface area contributed by atoms with E-state index in [1.165, 1.54) is 0 Å². The summed E-state index contributed by atoms with van der Waals surface area (Å²) in [6.45, 7) is 5.71. The van der Waals surface area contributed by atoms with Gasteiger partial charge in [-0.15, -0.1) is 11.3 Å². The number of aromatic amines is 1. The fourth-order valence-corrected chi connectivity index (χ4v) is 3.03. The second-order valence-corrected chi connectivity index (χ2v) is 8.07. The monoisotopic (exact) mass is 397 g/mol. The number of alkyl carbamates (subject to hydrolysis) is 1. The zero-order chi connectivity index (χ0) is 20.1. The number of benzene rings is 1. The normalized spacial score (nSPS) is 12.0. The molecule has 0 radical (unpaired) electrons. The predicted octanol–water partition coefficient (Wildman–Crippen LogP) is 4.20. The van der Waals surface area contributed by atoms with Crippen LogP contribution in [0.5, 0.6) is 0 Å². The van der Waals surface area contributed by atoms with Crippen LogP contribution in [0.15, 0.2) is 53.0 Å². The zero-order valence-electron chi connectivity index (χ0n) is 16.0. The van der Waals surface area contributed by atoms with E-state index in [9.17, 15) is 4.79 Å². The molecule has 0 aliphatic carbocycles. The van der Waals surface area contributed by atoms with Gasteiger partial charge in [0.2, 0.25) is 0 Å². The summed E-state index contributed by atoms with van der Waals surface area (Å²) in [6.07, 6.45) is 1.25. The van der Waals surface area contributed by atoms with E-state index in [0.717, 1.165) is 21.8 Å². The van der Waals surface area contributed by atoms with Crippen LogP contribution < -0.4 is 11.1 Å². The van der Waals surface area contributed by atoms with Gasteiger partial charge >= 0.3 is 6.09 Å². The summed E-state index contributed by atoms with van der Waals surface area (Å²) in [6, 6.07) is 11.6. The van der Waals surface area contributed by atoms with E-state index in [2.05, 4.69) is 20.3 Å². The molecule has 2 heterocycles. The van der Waals surface area contributed by atoms with E-state index in [0.29, 0.717) is 11.7 Å². The standard InChI is InChI=1S/C20H23N5O2S/c1-20(2,3)27-19(26)23-12-17-22-11-15(25-17)13-6-8-14(9-7-13)24-18(21)16-5-4-10-28-16/h4-11H,12H2,1-3H3,(H2,21,24)(H,22,25)(H,23,26). The maximum absolute atomic E-state index is 11.7. The molecule has 0 aliphatic rings. The molecule has 0 atom stereocenters. The Kier molecular flexibility index (Phi) is 5.79. The van der Waals surface area contributed by atoms with Crippen LogP contribution in [0, 0.1) is 0 Å². The van der Waals surface area contributed by atoms with Gasteiger partial charge in [0.15, 0.2) is 0 Å². The second-order valence-electron chi connectivity index (χ2n) is 7.12. The van der Waals surface area contributed by atoms with E-state index >= 15 is 0 Å². The average molecular weight is 398 g/mol. The van der Waals surface area contributed by atoms with Gasteiger partial charge in [-0.3, -0.25) is 0 Å². The summed E-state index contributed by atoms with van der Waals surface area (Å²) in [5.74, 6) is 1.14. The van der Waals surface area contributed by atoms with Crippen molar-refractivity contribution in [1.29, 1.82) is 0 Å². The Balaban J connectivity index is 1.62. The fraction of sp³-hybridized carbons (Fsp3) is 0.250. The molecule has 146 valence electrons. The lowest BCUT2D eigenvalue weighted by Gasteiger charge is -2.19. The first kappa shape index (κ1) is 19.6. The van der Waals surface area contributed by atoms with Gasteiger partial charge < -0.3 is 20.8 Å². The molecule has 2 aromatic heterocycles. The van der Waals surface area contributed by atoms with Crippen molar-refractivity contribution < 1.29 is 9.53 Å². The fourth-order valence-electron chi connectivity index (χ4n) is 2.40. The number of amides is 1. The Morgan fingerprint density at radius 3 is 2.68 bits per heavy atom. The minimum absolute atomic E-state index is 0.259. The summed E-state index contributed by atoms with van der Waals surface area (Å²) < 4.78 is 5.21. The van der Waals surface area contributed by atoms with Crippen molar-refractivity contribution in [3.8, 4) is 11.3 Å². The van der Waals surface area contributed by atoms with Crippen LogP contribution in [0.1, 0.15) is 31.5 Å². The smallest absolute Gasteiger partial charge is 0.408 e. The van der Waals surface area contributed by atoms with Crippen molar-refractivity contribution in [2.24, 2.45) is 10.7 Å². The number of imidazole rings is 1. The minimum atomic E-state index is -0.532. The maximum atomic E-state index is 11.7. The number of hydrogen-bond donors (Lipinski definition) is 3. The molecule has 7 nitrogen and oxygen atoms in total. The quantitative estimate of drug-likeness (QED) is 0.443. The van der Waals surface area contributed by atoms with E-state index in [4.69, 9.17) is 10.5 Å². The van der Waals surface area contributed by atoms with Crippen molar-refractivity contribution in [1.82, 2.24) is 15.3 Å². The number of aliphatic imine (C=N–C) groups is 1. The number of carbonyl (C=O) groups is 1. The number of carbonyl (C=O) groups excluding carboxylic acids is 1.